The van der Waals surface area contributed by atoms with E-state index in [-0.39, 0.29) is 37.5 Å². The van der Waals surface area contributed by atoms with E-state index in [4.69, 9.17) is 24.7 Å². The van der Waals surface area contributed by atoms with Gasteiger partial charge in [0.1, 0.15) is 17.5 Å². The Labute approximate surface area is 308 Å². The average molecular weight is 739 g/mol. The summed E-state index contributed by atoms with van der Waals surface area (Å²) in [4.78, 5) is 25.9. The SMILES string of the molecule is C.CC.CC(C)(C)OC(=O)c1ccc(N2CCC(CN3CCN(CC4OCCC5OC(C)(C)OC45)CC3)CC2)cc1.Nc1ccnc(C(F)(F)F)n1. The fourth-order valence-electron chi connectivity index (χ4n) is 6.79. The highest BCUT2D eigenvalue weighted by Crippen LogP contribution is 2.35. The number of alkyl halides is 3. The fourth-order valence-corrected chi connectivity index (χ4v) is 6.79. The van der Waals surface area contributed by atoms with Crippen LogP contribution in [-0.2, 0) is 25.1 Å². The molecule has 2 N–H and O–H groups in total. The molecule has 3 unspecified atom stereocenters. The number of hydrogen-bond acceptors (Lipinski definition) is 11. The van der Waals surface area contributed by atoms with Crippen LogP contribution in [-0.4, -0.2) is 114 Å². The predicted octanol–water partition coefficient (Wildman–Crippen LogP) is 6.52. The van der Waals surface area contributed by atoms with Gasteiger partial charge in [0.15, 0.2) is 5.79 Å². The normalized spacial score (nSPS) is 24.0. The maximum Gasteiger partial charge on any atom is 0.451 e. The Balaban J connectivity index is 0.000000444. The van der Waals surface area contributed by atoms with Gasteiger partial charge in [-0.05, 0) is 90.1 Å². The lowest BCUT2D eigenvalue weighted by atomic mass is 9.95. The first-order valence-corrected chi connectivity index (χ1v) is 18.2. The molecular weight excluding hydrogens is 677 g/mol. The Morgan fingerprint density at radius 3 is 2.06 bits per heavy atom. The number of nitrogens with zero attached hydrogens (tertiary/aromatic N) is 5. The minimum atomic E-state index is -4.52. The molecule has 14 heteroatoms. The summed E-state index contributed by atoms with van der Waals surface area (Å²) in [6.07, 6.45) is 0.106. The number of nitrogens with two attached hydrogens (primary N) is 1. The van der Waals surface area contributed by atoms with Crippen LogP contribution in [0.5, 0.6) is 0 Å². The van der Waals surface area contributed by atoms with Crippen LogP contribution < -0.4 is 10.6 Å². The molecular formula is C38H61F3N6O5. The molecule has 2 aromatic rings. The fraction of sp³-hybridized carbons (Fsp3) is 0.711. The number of nitrogen functional groups attached to an aromatic ring is 1. The Hall–Kier alpha value is -3.04. The summed E-state index contributed by atoms with van der Waals surface area (Å²) in [7, 11) is 0. The third kappa shape index (κ3) is 12.8. The molecule has 0 aliphatic carbocycles. The zero-order valence-electron chi connectivity index (χ0n) is 31.2. The molecule has 3 atom stereocenters. The Morgan fingerprint density at radius 2 is 1.52 bits per heavy atom. The third-order valence-electron chi connectivity index (χ3n) is 9.15. The van der Waals surface area contributed by atoms with E-state index < -0.39 is 23.4 Å². The first kappa shape index (κ1) is 43.4. The number of anilines is 2. The average Bonchev–Trinajstić information content (AvgIpc) is 3.41. The van der Waals surface area contributed by atoms with Gasteiger partial charge in [0, 0.05) is 70.8 Å². The molecule has 52 heavy (non-hydrogen) atoms. The summed E-state index contributed by atoms with van der Waals surface area (Å²) in [5.74, 6) is -1.42. The van der Waals surface area contributed by atoms with Gasteiger partial charge in [0.05, 0.1) is 17.8 Å². The monoisotopic (exact) mass is 738 g/mol. The molecule has 0 bridgehead atoms. The first-order chi connectivity index (χ1) is 24.0. The van der Waals surface area contributed by atoms with Crippen molar-refractivity contribution in [2.45, 2.75) is 111 Å². The van der Waals surface area contributed by atoms with Crippen molar-refractivity contribution in [2.75, 3.05) is 69.6 Å². The Morgan fingerprint density at radius 1 is 0.923 bits per heavy atom. The zero-order chi connectivity index (χ0) is 37.4. The smallest absolute Gasteiger partial charge is 0.451 e. The molecule has 294 valence electrons. The largest absolute Gasteiger partial charge is 0.456 e. The second-order valence-electron chi connectivity index (χ2n) is 14.7. The Kier molecular flexibility index (Phi) is 15.7. The molecule has 1 aromatic carbocycles. The molecule has 0 saturated carbocycles. The van der Waals surface area contributed by atoms with Crippen molar-refractivity contribution < 1.29 is 36.9 Å². The zero-order valence-corrected chi connectivity index (χ0v) is 31.2. The van der Waals surface area contributed by atoms with E-state index in [1.165, 1.54) is 31.1 Å². The summed E-state index contributed by atoms with van der Waals surface area (Å²) in [6.45, 7) is 23.1. The molecule has 4 saturated heterocycles. The number of benzene rings is 1. The van der Waals surface area contributed by atoms with Gasteiger partial charge in [-0.3, -0.25) is 4.90 Å². The molecule has 4 fully saturated rings. The third-order valence-corrected chi connectivity index (χ3v) is 9.15. The highest BCUT2D eigenvalue weighted by Gasteiger charge is 2.48. The van der Waals surface area contributed by atoms with Gasteiger partial charge in [0.2, 0.25) is 5.82 Å². The van der Waals surface area contributed by atoms with Crippen molar-refractivity contribution >= 4 is 17.5 Å². The molecule has 4 aliphatic heterocycles. The summed E-state index contributed by atoms with van der Waals surface area (Å²) in [5.41, 5.74) is 6.33. The first-order valence-electron chi connectivity index (χ1n) is 18.2. The van der Waals surface area contributed by atoms with E-state index in [2.05, 4.69) is 36.8 Å². The number of aromatic nitrogens is 2. The van der Waals surface area contributed by atoms with Crippen molar-refractivity contribution in [3.63, 3.8) is 0 Å². The minimum absolute atomic E-state index is 0. The number of carbonyl (C=O) groups excluding carboxylic acids is 1. The number of fused-ring (bicyclic) bond motifs is 1. The minimum Gasteiger partial charge on any atom is -0.456 e. The van der Waals surface area contributed by atoms with Crippen LogP contribution in [0.15, 0.2) is 36.5 Å². The van der Waals surface area contributed by atoms with E-state index in [9.17, 15) is 18.0 Å². The summed E-state index contributed by atoms with van der Waals surface area (Å²) in [6, 6.07) is 9.08. The van der Waals surface area contributed by atoms with E-state index >= 15 is 0 Å². The summed E-state index contributed by atoms with van der Waals surface area (Å²) in [5, 5.41) is 0. The van der Waals surface area contributed by atoms with E-state index in [1.807, 2.05) is 60.6 Å². The van der Waals surface area contributed by atoms with Crippen LogP contribution >= 0.6 is 0 Å². The number of carbonyl (C=O) groups is 1. The molecule has 11 nitrogen and oxygen atoms in total. The van der Waals surface area contributed by atoms with Crippen LogP contribution in [0.2, 0.25) is 0 Å². The van der Waals surface area contributed by atoms with Crippen LogP contribution in [0.1, 0.15) is 91.3 Å². The van der Waals surface area contributed by atoms with E-state index in [0.717, 1.165) is 71.0 Å². The number of hydrogen-bond donors (Lipinski definition) is 1. The lowest BCUT2D eigenvalue weighted by Crippen LogP contribution is -2.54. The van der Waals surface area contributed by atoms with Crippen LogP contribution in [0.3, 0.4) is 0 Å². The lowest BCUT2D eigenvalue weighted by Gasteiger charge is -2.41. The van der Waals surface area contributed by atoms with Crippen molar-refractivity contribution in [1.29, 1.82) is 0 Å². The van der Waals surface area contributed by atoms with Crippen LogP contribution in [0.25, 0.3) is 0 Å². The van der Waals surface area contributed by atoms with Gasteiger partial charge >= 0.3 is 12.1 Å². The molecule has 4 aliphatic rings. The molecule has 6 rings (SSSR count). The van der Waals surface area contributed by atoms with Crippen molar-refractivity contribution in [3.8, 4) is 0 Å². The predicted molar refractivity (Wildman–Crippen MR) is 197 cm³/mol. The number of rotatable bonds is 6. The van der Waals surface area contributed by atoms with Gasteiger partial charge < -0.3 is 34.5 Å². The second-order valence-corrected chi connectivity index (χ2v) is 14.7. The quantitative estimate of drug-likeness (QED) is 0.327. The number of piperazine rings is 1. The standard InChI is InChI=1S/C30H47N3O5.C5H4F3N3.C2H6.CH4/c1-29(2,3)38-28(34)23-6-8-24(9-7-23)33-13-10-22(11-14-33)20-31-15-17-32(18-16-31)21-26-27-25(12-19-35-26)36-30(4,5)37-27;6-5(7,8)4-10-2-1-3(9)11-4;1-2;/h6-9,22,25-27H,10-21H2,1-5H3;1-2H,(H2,9,10,11);1-2H3;1H4. The summed E-state index contributed by atoms with van der Waals surface area (Å²) >= 11 is 0. The topological polar surface area (TPSA) is 116 Å². The Bertz CT molecular complexity index is 1370. The molecule has 0 amide bonds. The van der Waals surface area contributed by atoms with Crippen molar-refractivity contribution in [2.24, 2.45) is 5.92 Å². The van der Waals surface area contributed by atoms with Gasteiger partial charge in [-0.1, -0.05) is 21.3 Å². The van der Waals surface area contributed by atoms with Crippen LogP contribution in [0, 0.1) is 5.92 Å². The molecule has 1 aromatic heterocycles. The van der Waals surface area contributed by atoms with Gasteiger partial charge in [0.25, 0.3) is 0 Å². The maximum atomic E-state index is 12.3. The van der Waals surface area contributed by atoms with Crippen LogP contribution in [0.4, 0.5) is 24.7 Å². The van der Waals surface area contributed by atoms with E-state index in [0.29, 0.717) is 5.56 Å². The number of ether oxygens (including phenoxy) is 4. The second kappa shape index (κ2) is 18.8. The van der Waals surface area contributed by atoms with Crippen molar-refractivity contribution in [3.05, 3.63) is 47.9 Å². The number of piperidine rings is 1. The molecule has 0 spiro atoms. The lowest BCUT2D eigenvalue weighted by molar-refractivity contribution is -0.156. The van der Waals surface area contributed by atoms with Crippen molar-refractivity contribution in [1.82, 2.24) is 19.8 Å². The number of halogens is 3. The van der Waals surface area contributed by atoms with Gasteiger partial charge in [-0.15, -0.1) is 0 Å². The van der Waals surface area contributed by atoms with Gasteiger partial charge in [-0.25, -0.2) is 14.8 Å². The highest BCUT2D eigenvalue weighted by molar-refractivity contribution is 5.90. The molecule has 0 radical (unpaired) electrons. The molecule has 5 heterocycles. The number of esters is 1. The maximum absolute atomic E-state index is 12.3. The van der Waals surface area contributed by atoms with E-state index in [1.54, 1.807) is 0 Å². The van der Waals surface area contributed by atoms with Gasteiger partial charge in [-0.2, -0.15) is 13.2 Å². The summed E-state index contributed by atoms with van der Waals surface area (Å²) < 4.78 is 59.3. The highest BCUT2D eigenvalue weighted by atomic mass is 19.4.